The predicted molar refractivity (Wildman–Crippen MR) is 56.7 cm³/mol. The van der Waals surface area contributed by atoms with Crippen LogP contribution in [0.1, 0.15) is 10.4 Å². The number of rotatable bonds is 3. The number of carbonyl (C=O) groups is 1. The van der Waals surface area contributed by atoms with Crippen LogP contribution in [-0.2, 0) is 3.07 Å². The molecule has 1 aromatic rings. The number of para-hydroxylation sites is 1. The lowest BCUT2D eigenvalue weighted by Crippen LogP contribution is -2.21. The van der Waals surface area contributed by atoms with Crippen molar-refractivity contribution in [2.75, 3.05) is 0 Å². The number of benzene rings is 1. The Morgan fingerprint density at radius 3 is 2.57 bits per heavy atom. The summed E-state index contributed by atoms with van der Waals surface area (Å²) in [5.74, 6) is -0.550. The fraction of sp³-hybridized carbons (Fsp3) is 0. The lowest BCUT2D eigenvalue weighted by atomic mass is 10.1. The third-order valence-electron chi connectivity index (χ3n) is 1.41. The van der Waals surface area contributed by atoms with Gasteiger partial charge in [-0.2, -0.15) is 0 Å². The molecule has 5 nitrogen and oxygen atoms in total. The van der Waals surface area contributed by atoms with Gasteiger partial charge >= 0.3 is 13.3 Å². The first kappa shape index (κ1) is 11.3. The van der Waals surface area contributed by atoms with Gasteiger partial charge in [0, 0.05) is 0 Å². The minimum atomic E-state index is -1.96. The fourth-order valence-corrected chi connectivity index (χ4v) is 1.13. The highest BCUT2D eigenvalue weighted by molar-refractivity contribution is 14.1. The van der Waals surface area contributed by atoms with Gasteiger partial charge in [0.25, 0.3) is 0 Å². The Morgan fingerprint density at radius 1 is 1.36 bits per heavy atom. The summed E-state index contributed by atoms with van der Waals surface area (Å²) >= 11 is 1.44. The Morgan fingerprint density at radius 2 is 2.00 bits per heavy atom. The van der Waals surface area contributed by atoms with Crippen LogP contribution in [0.25, 0.3) is 0 Å². The van der Waals surface area contributed by atoms with Crippen LogP contribution in [0.15, 0.2) is 24.3 Å². The van der Waals surface area contributed by atoms with Crippen LogP contribution < -0.4 is 4.65 Å². The van der Waals surface area contributed by atoms with E-state index in [0.717, 1.165) is 0 Å². The van der Waals surface area contributed by atoms with Crippen LogP contribution >= 0.6 is 23.0 Å². The van der Waals surface area contributed by atoms with E-state index < -0.39 is 13.3 Å². The maximum Gasteiger partial charge on any atom is 0.707 e. The Bertz CT molecular complexity index is 330. The minimum Gasteiger partial charge on any atom is -0.511 e. The molecule has 0 atom stereocenters. The lowest BCUT2D eigenvalue weighted by molar-refractivity contribution is 0.0798. The van der Waals surface area contributed by atoms with Crippen molar-refractivity contribution in [1.29, 1.82) is 0 Å². The minimum absolute atomic E-state index is 0.0594. The van der Waals surface area contributed by atoms with Gasteiger partial charge in [-0.05, 0) is 12.1 Å². The van der Waals surface area contributed by atoms with Crippen molar-refractivity contribution in [3.05, 3.63) is 29.8 Å². The van der Waals surface area contributed by atoms with E-state index >= 15 is 0 Å². The van der Waals surface area contributed by atoms with E-state index in [0.29, 0.717) is 0 Å². The normalized spacial score (nSPS) is 9.36. The lowest BCUT2D eigenvalue weighted by Gasteiger charge is -2.07. The molecule has 0 spiro atoms. The van der Waals surface area contributed by atoms with Gasteiger partial charge in [0.15, 0.2) is 23.0 Å². The zero-order valence-corrected chi connectivity index (χ0v) is 9.04. The van der Waals surface area contributed by atoms with Gasteiger partial charge in [-0.1, -0.05) is 12.1 Å². The van der Waals surface area contributed by atoms with Crippen LogP contribution in [0.2, 0.25) is 0 Å². The molecule has 0 heterocycles. The second kappa shape index (κ2) is 5.18. The molecule has 0 unspecified atom stereocenters. The number of hydrogen-bond acceptors (Lipinski definition) is 5. The average Bonchev–Trinajstić information content (AvgIpc) is 2.16. The largest absolute Gasteiger partial charge is 0.707 e. The van der Waals surface area contributed by atoms with Gasteiger partial charge in [0.1, 0.15) is 11.3 Å². The summed E-state index contributed by atoms with van der Waals surface area (Å²) in [7, 11) is -1.96. The molecule has 2 N–H and O–H groups in total. The van der Waals surface area contributed by atoms with Crippen molar-refractivity contribution in [3.8, 4) is 5.75 Å². The van der Waals surface area contributed by atoms with Crippen molar-refractivity contribution < 1.29 is 22.6 Å². The van der Waals surface area contributed by atoms with Gasteiger partial charge in [-0.25, -0.2) is 4.79 Å². The van der Waals surface area contributed by atoms with Crippen LogP contribution in [0, 0.1) is 0 Å². The highest BCUT2D eigenvalue weighted by atomic mass is 127. The van der Waals surface area contributed by atoms with Crippen LogP contribution in [-0.4, -0.2) is 23.3 Å². The van der Waals surface area contributed by atoms with E-state index in [2.05, 4.69) is 7.72 Å². The van der Waals surface area contributed by atoms with Crippen molar-refractivity contribution in [2.24, 2.45) is 0 Å². The molecular formula is C7H6BIO5. The molecule has 74 valence electrons. The summed E-state index contributed by atoms with van der Waals surface area (Å²) in [6, 6.07) is 6.10. The van der Waals surface area contributed by atoms with E-state index in [4.69, 9.17) is 10.0 Å². The molecule has 0 aliphatic carbocycles. The van der Waals surface area contributed by atoms with E-state index in [1.165, 1.54) is 35.1 Å². The molecule has 0 aromatic heterocycles. The molecule has 0 amide bonds. The highest BCUT2D eigenvalue weighted by Crippen LogP contribution is 2.19. The first-order chi connectivity index (χ1) is 6.65. The third-order valence-corrected chi connectivity index (χ3v) is 1.81. The summed E-state index contributed by atoms with van der Waals surface area (Å²) in [6.07, 6.45) is 0. The maximum atomic E-state index is 11.1. The Kier molecular flexibility index (Phi) is 4.17. The first-order valence-electron chi connectivity index (χ1n) is 3.60. The summed E-state index contributed by atoms with van der Waals surface area (Å²) in [6.45, 7) is 0. The number of carbonyl (C=O) groups excluding carboxylic acids is 1. The van der Waals surface area contributed by atoms with E-state index in [1.807, 2.05) is 0 Å². The Labute approximate surface area is 94.5 Å². The smallest absolute Gasteiger partial charge is 0.511 e. The van der Waals surface area contributed by atoms with Crippen molar-refractivity contribution in [1.82, 2.24) is 0 Å². The van der Waals surface area contributed by atoms with E-state index in [1.54, 1.807) is 12.1 Å². The van der Waals surface area contributed by atoms with Gasteiger partial charge in [-0.15, -0.1) is 0 Å². The summed E-state index contributed by atoms with van der Waals surface area (Å²) in [5, 5.41) is 17.1. The van der Waals surface area contributed by atoms with Crippen LogP contribution in [0.4, 0.5) is 0 Å². The molecule has 0 saturated carbocycles. The molecule has 0 radical (unpaired) electrons. The van der Waals surface area contributed by atoms with Gasteiger partial charge in [0.2, 0.25) is 0 Å². The average molecular weight is 308 g/mol. The molecule has 14 heavy (non-hydrogen) atoms. The molecule has 7 heteroatoms. The SMILES string of the molecule is O=C(OI)c1ccccc1OB(O)O. The summed E-state index contributed by atoms with van der Waals surface area (Å²) in [5.41, 5.74) is 0.134. The summed E-state index contributed by atoms with van der Waals surface area (Å²) < 4.78 is 9.02. The summed E-state index contributed by atoms with van der Waals surface area (Å²) in [4.78, 5) is 11.1. The molecule has 0 aliphatic heterocycles. The van der Waals surface area contributed by atoms with Gasteiger partial charge in [0.05, 0.1) is 0 Å². The van der Waals surface area contributed by atoms with Gasteiger partial charge < -0.3 is 17.8 Å². The standard InChI is InChI=1S/C7H6BIO5/c9-14-7(10)5-3-1-2-4-6(5)13-8(11)12/h1-4,11-12H. The Hall–Kier alpha value is -0.795. The van der Waals surface area contributed by atoms with E-state index in [9.17, 15) is 4.79 Å². The van der Waals surface area contributed by atoms with E-state index in [-0.39, 0.29) is 11.3 Å². The second-order valence-corrected chi connectivity index (χ2v) is 2.75. The molecule has 0 saturated heterocycles. The fourth-order valence-electron chi connectivity index (χ4n) is 0.893. The molecule has 0 bridgehead atoms. The third kappa shape index (κ3) is 2.86. The number of hydrogen-bond donors (Lipinski definition) is 2. The quantitative estimate of drug-likeness (QED) is 0.630. The topological polar surface area (TPSA) is 76.0 Å². The van der Waals surface area contributed by atoms with Crippen LogP contribution in [0.5, 0.6) is 5.75 Å². The monoisotopic (exact) mass is 308 g/mol. The maximum absolute atomic E-state index is 11.1. The second-order valence-electron chi connectivity index (χ2n) is 2.30. The van der Waals surface area contributed by atoms with Crippen molar-refractivity contribution >= 4 is 36.3 Å². The number of halogens is 1. The molecule has 0 aliphatic rings. The molecule has 1 aromatic carbocycles. The Balaban J connectivity index is 2.97. The molecule has 1 rings (SSSR count). The van der Waals surface area contributed by atoms with Crippen molar-refractivity contribution in [2.45, 2.75) is 0 Å². The zero-order valence-electron chi connectivity index (χ0n) is 6.88. The predicted octanol–water partition coefficient (Wildman–Crippen LogP) is 0.542. The van der Waals surface area contributed by atoms with Gasteiger partial charge in [-0.3, -0.25) is 0 Å². The van der Waals surface area contributed by atoms with Crippen molar-refractivity contribution in [3.63, 3.8) is 0 Å². The van der Waals surface area contributed by atoms with Crippen LogP contribution in [0.3, 0.4) is 0 Å². The highest BCUT2D eigenvalue weighted by Gasteiger charge is 2.18. The molecule has 0 fully saturated rings. The molecular weight excluding hydrogens is 302 g/mol. The zero-order chi connectivity index (χ0) is 10.6. The first-order valence-corrected chi connectivity index (χ1v) is 4.48.